The Morgan fingerprint density at radius 2 is 1.38 bits per heavy atom. The van der Waals surface area contributed by atoms with Crippen molar-refractivity contribution in [3.8, 4) is 0 Å². The van der Waals surface area contributed by atoms with Gasteiger partial charge in [0.1, 0.15) is 0 Å². The number of sulfonamides is 2. The fourth-order valence-corrected chi connectivity index (χ4v) is 5.11. The topological polar surface area (TPSA) is 83.6 Å². The molecular weight excluding hydrogens is 372 g/mol. The lowest BCUT2D eigenvalue weighted by molar-refractivity contribution is 0.445. The second-order valence-corrected chi connectivity index (χ2v) is 9.54. The number of hydrogen-bond acceptors (Lipinski definition) is 4. The van der Waals surface area contributed by atoms with Crippen LogP contribution in [0.4, 0.5) is 0 Å². The average Bonchev–Trinajstić information content (AvgIpc) is 2.62. The van der Waals surface area contributed by atoms with Crippen LogP contribution in [-0.4, -0.2) is 34.2 Å². The summed E-state index contributed by atoms with van der Waals surface area (Å²) in [4.78, 5) is 0.206. The van der Waals surface area contributed by atoms with Gasteiger partial charge in [0.2, 0.25) is 20.0 Å². The molecule has 0 aliphatic carbocycles. The summed E-state index contributed by atoms with van der Waals surface area (Å²) in [7, 11) is -6.98. The molecule has 0 saturated heterocycles. The zero-order valence-electron chi connectivity index (χ0n) is 14.9. The van der Waals surface area contributed by atoms with Crippen LogP contribution in [0.3, 0.4) is 0 Å². The van der Waals surface area contributed by atoms with Crippen LogP contribution in [0.1, 0.15) is 25.0 Å². The molecule has 0 radical (unpaired) electrons. The van der Waals surface area contributed by atoms with Crippen molar-refractivity contribution in [2.75, 3.05) is 13.1 Å². The van der Waals surface area contributed by atoms with E-state index >= 15 is 0 Å². The lowest BCUT2D eigenvalue weighted by Gasteiger charge is -2.18. The first kappa shape index (κ1) is 20.6. The standard InChI is InChI=1S/C18H24N2O4S2/c1-3-20(4-2)26(23,24)18-12-10-16(11-13-18)14-19-25(21,22)15-17-8-6-5-7-9-17/h5-13,19H,3-4,14-15H2,1-2H3. The highest BCUT2D eigenvalue weighted by molar-refractivity contribution is 7.89. The number of hydrogen-bond donors (Lipinski definition) is 1. The third-order valence-electron chi connectivity index (χ3n) is 3.96. The lowest BCUT2D eigenvalue weighted by atomic mass is 10.2. The van der Waals surface area contributed by atoms with Gasteiger partial charge in [-0.05, 0) is 23.3 Å². The fourth-order valence-electron chi connectivity index (χ4n) is 2.53. The van der Waals surface area contributed by atoms with E-state index < -0.39 is 20.0 Å². The molecule has 0 bridgehead atoms. The number of nitrogens with one attached hydrogen (secondary N) is 1. The van der Waals surface area contributed by atoms with Gasteiger partial charge in [0, 0.05) is 19.6 Å². The molecule has 0 heterocycles. The van der Waals surface area contributed by atoms with Crippen molar-refractivity contribution in [3.63, 3.8) is 0 Å². The van der Waals surface area contributed by atoms with E-state index in [4.69, 9.17) is 0 Å². The highest BCUT2D eigenvalue weighted by atomic mass is 32.2. The zero-order chi connectivity index (χ0) is 19.2. The van der Waals surface area contributed by atoms with E-state index in [0.29, 0.717) is 24.2 Å². The van der Waals surface area contributed by atoms with Crippen molar-refractivity contribution in [2.45, 2.75) is 31.0 Å². The molecule has 0 aliphatic rings. The van der Waals surface area contributed by atoms with E-state index in [9.17, 15) is 16.8 Å². The van der Waals surface area contributed by atoms with Gasteiger partial charge in [-0.2, -0.15) is 4.31 Å². The minimum absolute atomic E-state index is 0.0950. The van der Waals surface area contributed by atoms with Gasteiger partial charge >= 0.3 is 0 Å². The van der Waals surface area contributed by atoms with Crippen molar-refractivity contribution in [2.24, 2.45) is 0 Å². The third kappa shape index (κ3) is 5.38. The van der Waals surface area contributed by atoms with Gasteiger partial charge in [0.25, 0.3) is 0 Å². The van der Waals surface area contributed by atoms with Crippen molar-refractivity contribution >= 4 is 20.0 Å². The highest BCUT2D eigenvalue weighted by Gasteiger charge is 2.21. The zero-order valence-corrected chi connectivity index (χ0v) is 16.6. The Hall–Kier alpha value is -1.74. The Morgan fingerprint density at radius 3 is 1.92 bits per heavy atom. The summed E-state index contributed by atoms with van der Waals surface area (Å²) in [5, 5.41) is 0. The Labute approximate surface area is 156 Å². The van der Waals surface area contributed by atoms with Crippen molar-refractivity contribution < 1.29 is 16.8 Å². The van der Waals surface area contributed by atoms with Crippen LogP contribution >= 0.6 is 0 Å². The van der Waals surface area contributed by atoms with Crippen LogP contribution in [0.15, 0.2) is 59.5 Å². The summed E-state index contributed by atoms with van der Waals surface area (Å²) in [6, 6.07) is 15.2. The van der Waals surface area contributed by atoms with Crippen LogP contribution in [0.2, 0.25) is 0 Å². The van der Waals surface area contributed by atoms with Gasteiger partial charge in [-0.15, -0.1) is 0 Å². The van der Waals surface area contributed by atoms with Crippen LogP contribution in [-0.2, 0) is 32.3 Å². The van der Waals surface area contributed by atoms with E-state index in [1.165, 1.54) is 16.4 Å². The molecule has 6 nitrogen and oxygen atoms in total. The fraction of sp³-hybridized carbons (Fsp3) is 0.333. The summed E-state index contributed by atoms with van der Waals surface area (Å²) < 4.78 is 53.1. The van der Waals surface area contributed by atoms with E-state index in [1.807, 2.05) is 6.07 Å². The Bertz CT molecular complexity index is 905. The monoisotopic (exact) mass is 396 g/mol. The van der Waals surface area contributed by atoms with Gasteiger partial charge in [0.15, 0.2) is 0 Å². The van der Waals surface area contributed by atoms with E-state index in [2.05, 4.69) is 4.72 Å². The van der Waals surface area contributed by atoms with E-state index in [0.717, 1.165) is 0 Å². The first-order valence-electron chi connectivity index (χ1n) is 8.39. The molecule has 0 unspecified atom stereocenters. The van der Waals surface area contributed by atoms with Crippen molar-refractivity contribution in [1.82, 2.24) is 9.03 Å². The third-order valence-corrected chi connectivity index (χ3v) is 7.32. The number of rotatable bonds is 9. The molecule has 0 fully saturated rings. The molecular formula is C18H24N2O4S2. The molecule has 1 N–H and O–H groups in total. The predicted molar refractivity (Wildman–Crippen MR) is 102 cm³/mol. The molecule has 26 heavy (non-hydrogen) atoms. The Balaban J connectivity index is 2.03. The molecule has 2 aromatic rings. The average molecular weight is 397 g/mol. The molecule has 0 atom stereocenters. The highest BCUT2D eigenvalue weighted by Crippen LogP contribution is 2.16. The first-order valence-corrected chi connectivity index (χ1v) is 11.5. The van der Waals surface area contributed by atoms with Crippen molar-refractivity contribution in [3.05, 3.63) is 65.7 Å². The van der Waals surface area contributed by atoms with Gasteiger partial charge in [-0.3, -0.25) is 0 Å². The predicted octanol–water partition coefficient (Wildman–Crippen LogP) is 2.34. The molecule has 0 aliphatic heterocycles. The quantitative estimate of drug-likeness (QED) is 0.705. The molecule has 0 saturated carbocycles. The summed E-state index contributed by atoms with van der Waals surface area (Å²) in [5.74, 6) is -0.0950. The van der Waals surface area contributed by atoms with Gasteiger partial charge < -0.3 is 0 Å². The van der Waals surface area contributed by atoms with Gasteiger partial charge in [0.05, 0.1) is 10.6 Å². The first-order chi connectivity index (χ1) is 12.3. The van der Waals surface area contributed by atoms with Crippen LogP contribution < -0.4 is 4.72 Å². The molecule has 0 amide bonds. The second kappa shape index (κ2) is 8.77. The molecule has 2 aromatic carbocycles. The number of nitrogens with zero attached hydrogens (tertiary/aromatic N) is 1. The van der Waals surface area contributed by atoms with Crippen LogP contribution in [0.5, 0.6) is 0 Å². The minimum atomic E-state index is -3.51. The summed E-state index contributed by atoms with van der Waals surface area (Å²) in [6.45, 7) is 4.49. The van der Waals surface area contributed by atoms with Crippen LogP contribution in [0.25, 0.3) is 0 Å². The van der Waals surface area contributed by atoms with Crippen molar-refractivity contribution in [1.29, 1.82) is 0 Å². The summed E-state index contributed by atoms with van der Waals surface area (Å²) >= 11 is 0. The second-order valence-electron chi connectivity index (χ2n) is 5.80. The molecule has 0 aromatic heterocycles. The molecule has 2 rings (SSSR count). The molecule has 0 spiro atoms. The Morgan fingerprint density at radius 1 is 0.808 bits per heavy atom. The van der Waals surface area contributed by atoms with Gasteiger partial charge in [-0.25, -0.2) is 21.6 Å². The maximum atomic E-state index is 12.4. The minimum Gasteiger partial charge on any atom is -0.212 e. The summed E-state index contributed by atoms with van der Waals surface area (Å²) in [6.07, 6.45) is 0. The van der Waals surface area contributed by atoms with E-state index in [1.54, 1.807) is 50.2 Å². The number of benzene rings is 2. The smallest absolute Gasteiger partial charge is 0.212 e. The maximum absolute atomic E-state index is 12.4. The lowest BCUT2D eigenvalue weighted by Crippen LogP contribution is -2.30. The maximum Gasteiger partial charge on any atom is 0.243 e. The SMILES string of the molecule is CCN(CC)S(=O)(=O)c1ccc(CNS(=O)(=O)Cc2ccccc2)cc1. The Kier molecular flexibility index (Phi) is 6.94. The molecule has 142 valence electrons. The van der Waals surface area contributed by atoms with Crippen LogP contribution in [0, 0.1) is 0 Å². The summed E-state index contributed by atoms with van der Waals surface area (Å²) in [5.41, 5.74) is 1.40. The van der Waals surface area contributed by atoms with Gasteiger partial charge in [-0.1, -0.05) is 56.3 Å². The molecule has 8 heteroatoms. The van der Waals surface area contributed by atoms with E-state index in [-0.39, 0.29) is 17.2 Å². The largest absolute Gasteiger partial charge is 0.243 e. The normalized spacial score (nSPS) is 12.4.